The molecule has 2 N–H and O–H groups in total. The summed E-state index contributed by atoms with van der Waals surface area (Å²) < 4.78 is 13.8. The van der Waals surface area contributed by atoms with Crippen molar-refractivity contribution in [1.29, 1.82) is 0 Å². The number of amides is 1. The van der Waals surface area contributed by atoms with Crippen molar-refractivity contribution in [2.24, 2.45) is 0 Å². The standard InChI is InChI=1S/C16H16BrFN2O/c1-2-20(10-11-5-3-6-12(18)9-11)16(21)13-7-4-8-14(19)15(13)17/h3-9H,2,10,19H2,1H3. The van der Waals surface area contributed by atoms with E-state index < -0.39 is 0 Å². The molecule has 1 amide bonds. The molecule has 2 rings (SSSR count). The third-order valence-corrected chi connectivity index (χ3v) is 4.08. The van der Waals surface area contributed by atoms with Gasteiger partial charge in [0, 0.05) is 18.8 Å². The highest BCUT2D eigenvalue weighted by Crippen LogP contribution is 2.25. The van der Waals surface area contributed by atoms with Crippen LogP contribution >= 0.6 is 15.9 Å². The minimum atomic E-state index is -0.305. The van der Waals surface area contributed by atoms with Crippen LogP contribution in [0.1, 0.15) is 22.8 Å². The number of hydrogen-bond donors (Lipinski definition) is 1. The van der Waals surface area contributed by atoms with Crippen LogP contribution in [0.25, 0.3) is 0 Å². The zero-order valence-corrected chi connectivity index (χ0v) is 13.2. The maximum atomic E-state index is 13.2. The van der Waals surface area contributed by atoms with Gasteiger partial charge in [0.1, 0.15) is 5.82 Å². The number of carbonyl (C=O) groups excluding carboxylic acids is 1. The van der Waals surface area contributed by atoms with E-state index in [1.54, 1.807) is 35.2 Å². The molecule has 0 fully saturated rings. The van der Waals surface area contributed by atoms with Gasteiger partial charge in [0.05, 0.1) is 10.0 Å². The summed E-state index contributed by atoms with van der Waals surface area (Å²) in [6.07, 6.45) is 0. The molecule has 0 bridgehead atoms. The summed E-state index contributed by atoms with van der Waals surface area (Å²) in [4.78, 5) is 14.2. The fourth-order valence-corrected chi connectivity index (χ4v) is 2.50. The highest BCUT2D eigenvalue weighted by atomic mass is 79.9. The Morgan fingerprint density at radius 3 is 2.67 bits per heavy atom. The Balaban J connectivity index is 2.25. The molecular weight excluding hydrogens is 335 g/mol. The maximum Gasteiger partial charge on any atom is 0.255 e. The van der Waals surface area contributed by atoms with Gasteiger partial charge in [-0.2, -0.15) is 0 Å². The molecule has 0 saturated carbocycles. The van der Waals surface area contributed by atoms with Gasteiger partial charge < -0.3 is 10.6 Å². The fourth-order valence-electron chi connectivity index (χ4n) is 2.07. The van der Waals surface area contributed by atoms with E-state index in [9.17, 15) is 9.18 Å². The third-order valence-electron chi connectivity index (χ3n) is 3.19. The average Bonchev–Trinajstić information content (AvgIpc) is 2.47. The monoisotopic (exact) mass is 350 g/mol. The van der Waals surface area contributed by atoms with Crippen LogP contribution in [0.4, 0.5) is 10.1 Å². The molecule has 0 aliphatic rings. The Morgan fingerprint density at radius 2 is 2.00 bits per heavy atom. The predicted octanol–water partition coefficient (Wildman–Crippen LogP) is 3.83. The van der Waals surface area contributed by atoms with Crippen LogP contribution in [0, 0.1) is 5.82 Å². The zero-order chi connectivity index (χ0) is 15.4. The first-order valence-electron chi connectivity index (χ1n) is 6.60. The Morgan fingerprint density at radius 1 is 1.29 bits per heavy atom. The number of carbonyl (C=O) groups is 1. The van der Waals surface area contributed by atoms with Gasteiger partial charge in [-0.05, 0) is 52.7 Å². The lowest BCUT2D eigenvalue weighted by atomic mass is 10.1. The quantitative estimate of drug-likeness (QED) is 0.851. The number of anilines is 1. The molecule has 5 heteroatoms. The second-order valence-electron chi connectivity index (χ2n) is 4.66. The molecular formula is C16H16BrFN2O. The van der Waals surface area contributed by atoms with Crippen LogP contribution in [0.15, 0.2) is 46.9 Å². The van der Waals surface area contributed by atoms with Gasteiger partial charge in [0.15, 0.2) is 0 Å². The smallest absolute Gasteiger partial charge is 0.255 e. The Hall–Kier alpha value is -1.88. The number of halogens is 2. The molecule has 3 nitrogen and oxygen atoms in total. The average molecular weight is 351 g/mol. The molecule has 21 heavy (non-hydrogen) atoms. The van der Waals surface area contributed by atoms with Crippen LogP contribution < -0.4 is 5.73 Å². The number of hydrogen-bond acceptors (Lipinski definition) is 2. The summed E-state index contributed by atoms with van der Waals surface area (Å²) in [6.45, 7) is 2.77. The van der Waals surface area contributed by atoms with E-state index in [4.69, 9.17) is 5.73 Å². The van der Waals surface area contributed by atoms with E-state index in [0.717, 1.165) is 5.56 Å². The van der Waals surface area contributed by atoms with Crippen LogP contribution in [0.2, 0.25) is 0 Å². The third kappa shape index (κ3) is 3.61. The second-order valence-corrected chi connectivity index (χ2v) is 5.45. The van der Waals surface area contributed by atoms with Crippen molar-refractivity contribution in [3.8, 4) is 0 Å². The number of rotatable bonds is 4. The first kappa shape index (κ1) is 15.5. The van der Waals surface area contributed by atoms with Gasteiger partial charge in [0.2, 0.25) is 0 Å². The maximum absolute atomic E-state index is 13.2. The van der Waals surface area contributed by atoms with E-state index >= 15 is 0 Å². The van der Waals surface area contributed by atoms with Crippen molar-refractivity contribution in [3.05, 3.63) is 63.9 Å². The summed E-state index contributed by atoms with van der Waals surface area (Å²) in [5.74, 6) is -0.443. The van der Waals surface area contributed by atoms with Gasteiger partial charge >= 0.3 is 0 Å². The Bertz CT molecular complexity index is 660. The molecule has 0 spiro atoms. The molecule has 0 saturated heterocycles. The lowest BCUT2D eigenvalue weighted by molar-refractivity contribution is 0.0751. The van der Waals surface area contributed by atoms with Gasteiger partial charge in [-0.15, -0.1) is 0 Å². The van der Waals surface area contributed by atoms with Crippen LogP contribution in [-0.2, 0) is 6.54 Å². The molecule has 0 aliphatic heterocycles. The van der Waals surface area contributed by atoms with Gasteiger partial charge in [-0.1, -0.05) is 18.2 Å². The van der Waals surface area contributed by atoms with Gasteiger partial charge in [-0.3, -0.25) is 4.79 Å². The SMILES string of the molecule is CCN(Cc1cccc(F)c1)C(=O)c1cccc(N)c1Br. The summed E-state index contributed by atoms with van der Waals surface area (Å²) in [7, 11) is 0. The number of nitrogens with zero attached hydrogens (tertiary/aromatic N) is 1. The van der Waals surface area contributed by atoms with Crippen molar-refractivity contribution in [2.45, 2.75) is 13.5 Å². The molecule has 0 heterocycles. The molecule has 110 valence electrons. The summed E-state index contributed by atoms with van der Waals surface area (Å²) in [6, 6.07) is 11.4. The van der Waals surface area contributed by atoms with Crippen molar-refractivity contribution in [2.75, 3.05) is 12.3 Å². The molecule has 2 aromatic carbocycles. The minimum Gasteiger partial charge on any atom is -0.398 e. The predicted molar refractivity (Wildman–Crippen MR) is 85.4 cm³/mol. The lowest BCUT2D eigenvalue weighted by Gasteiger charge is -2.22. The van der Waals surface area contributed by atoms with E-state index in [2.05, 4.69) is 15.9 Å². The highest BCUT2D eigenvalue weighted by molar-refractivity contribution is 9.10. The van der Waals surface area contributed by atoms with Gasteiger partial charge in [-0.25, -0.2) is 4.39 Å². The van der Waals surface area contributed by atoms with Crippen molar-refractivity contribution >= 4 is 27.5 Å². The molecule has 0 unspecified atom stereocenters. The zero-order valence-electron chi connectivity index (χ0n) is 11.6. The van der Waals surface area contributed by atoms with Crippen LogP contribution in [-0.4, -0.2) is 17.4 Å². The van der Waals surface area contributed by atoms with Gasteiger partial charge in [0.25, 0.3) is 5.91 Å². The Labute approximate surface area is 131 Å². The molecule has 0 aliphatic carbocycles. The molecule has 0 aromatic heterocycles. The number of nitrogens with two attached hydrogens (primary N) is 1. The van der Waals surface area contributed by atoms with Crippen LogP contribution in [0.3, 0.4) is 0 Å². The summed E-state index contributed by atoms with van der Waals surface area (Å²) in [5.41, 5.74) is 7.58. The summed E-state index contributed by atoms with van der Waals surface area (Å²) >= 11 is 3.34. The normalized spacial score (nSPS) is 10.4. The van der Waals surface area contributed by atoms with E-state index in [1.807, 2.05) is 6.92 Å². The number of benzene rings is 2. The highest BCUT2D eigenvalue weighted by Gasteiger charge is 2.18. The number of nitrogen functional groups attached to an aromatic ring is 1. The van der Waals surface area contributed by atoms with Crippen molar-refractivity contribution in [3.63, 3.8) is 0 Å². The van der Waals surface area contributed by atoms with E-state index in [-0.39, 0.29) is 11.7 Å². The van der Waals surface area contributed by atoms with E-state index in [1.165, 1.54) is 12.1 Å². The topological polar surface area (TPSA) is 46.3 Å². The van der Waals surface area contributed by atoms with Crippen LogP contribution in [0.5, 0.6) is 0 Å². The Kier molecular flexibility index (Phi) is 4.96. The fraction of sp³-hybridized carbons (Fsp3) is 0.188. The first-order chi connectivity index (χ1) is 10.0. The minimum absolute atomic E-state index is 0.138. The molecule has 0 atom stereocenters. The molecule has 0 radical (unpaired) electrons. The second kappa shape index (κ2) is 6.72. The van der Waals surface area contributed by atoms with Crippen molar-refractivity contribution in [1.82, 2.24) is 4.90 Å². The van der Waals surface area contributed by atoms with Crippen molar-refractivity contribution < 1.29 is 9.18 Å². The summed E-state index contributed by atoms with van der Waals surface area (Å²) in [5, 5.41) is 0. The largest absolute Gasteiger partial charge is 0.398 e. The molecule has 2 aromatic rings. The van der Waals surface area contributed by atoms with E-state index in [0.29, 0.717) is 28.8 Å². The first-order valence-corrected chi connectivity index (χ1v) is 7.40. The lowest BCUT2D eigenvalue weighted by Crippen LogP contribution is -2.30.